The smallest absolute Gasteiger partial charge is 0.263 e. The molecule has 0 fully saturated rings. The van der Waals surface area contributed by atoms with E-state index in [1.54, 1.807) is 42.5 Å². The molecule has 0 bridgehead atoms. The van der Waals surface area contributed by atoms with Crippen LogP contribution in [0.15, 0.2) is 42.5 Å². The summed E-state index contributed by atoms with van der Waals surface area (Å²) in [5.41, 5.74) is 1.54. The third-order valence-corrected chi connectivity index (χ3v) is 3.98. The standard InChI is InChI=1S/C15H10Cl2N2O2/c16-12-6-5-9(7-13(12)17)18-8-19-14(20)10-3-1-2-4-11(10)15(19)21/h1-7,18H,8H2. The highest BCUT2D eigenvalue weighted by Crippen LogP contribution is 2.26. The topological polar surface area (TPSA) is 49.4 Å². The van der Waals surface area contributed by atoms with Gasteiger partial charge in [0.15, 0.2) is 0 Å². The van der Waals surface area contributed by atoms with Crippen LogP contribution in [0.1, 0.15) is 20.7 Å². The average Bonchev–Trinajstić information content (AvgIpc) is 2.73. The molecule has 0 unspecified atom stereocenters. The highest BCUT2D eigenvalue weighted by molar-refractivity contribution is 6.42. The van der Waals surface area contributed by atoms with Crippen LogP contribution in [0.2, 0.25) is 10.0 Å². The molecule has 106 valence electrons. The van der Waals surface area contributed by atoms with E-state index in [4.69, 9.17) is 23.2 Å². The van der Waals surface area contributed by atoms with Crippen LogP contribution in [0.25, 0.3) is 0 Å². The molecule has 3 rings (SSSR count). The maximum Gasteiger partial charge on any atom is 0.263 e. The molecule has 2 amide bonds. The van der Waals surface area contributed by atoms with Crippen LogP contribution < -0.4 is 5.32 Å². The number of nitrogens with zero attached hydrogens (tertiary/aromatic N) is 1. The van der Waals surface area contributed by atoms with Crippen molar-refractivity contribution in [2.45, 2.75) is 0 Å². The van der Waals surface area contributed by atoms with Crippen LogP contribution in [0, 0.1) is 0 Å². The van der Waals surface area contributed by atoms with E-state index in [-0.39, 0.29) is 18.5 Å². The molecule has 0 saturated carbocycles. The van der Waals surface area contributed by atoms with E-state index >= 15 is 0 Å². The van der Waals surface area contributed by atoms with Gasteiger partial charge in [-0.05, 0) is 30.3 Å². The molecule has 0 aromatic heterocycles. The SMILES string of the molecule is O=C1c2ccccc2C(=O)N1CNc1ccc(Cl)c(Cl)c1. The largest absolute Gasteiger partial charge is 0.367 e. The Balaban J connectivity index is 1.76. The quantitative estimate of drug-likeness (QED) is 0.878. The Kier molecular flexibility index (Phi) is 3.57. The van der Waals surface area contributed by atoms with E-state index in [2.05, 4.69) is 5.32 Å². The summed E-state index contributed by atoms with van der Waals surface area (Å²) in [6.07, 6.45) is 0. The monoisotopic (exact) mass is 320 g/mol. The summed E-state index contributed by atoms with van der Waals surface area (Å²) in [6, 6.07) is 11.8. The van der Waals surface area contributed by atoms with Gasteiger partial charge in [-0.3, -0.25) is 14.5 Å². The Morgan fingerprint density at radius 3 is 2.10 bits per heavy atom. The second-order valence-electron chi connectivity index (χ2n) is 4.55. The van der Waals surface area contributed by atoms with Crippen molar-refractivity contribution in [2.24, 2.45) is 0 Å². The van der Waals surface area contributed by atoms with E-state index in [1.165, 1.54) is 0 Å². The van der Waals surface area contributed by atoms with Gasteiger partial charge in [-0.25, -0.2) is 0 Å². The number of imide groups is 1. The molecule has 21 heavy (non-hydrogen) atoms. The molecule has 1 aliphatic rings. The van der Waals surface area contributed by atoms with Crippen molar-refractivity contribution in [2.75, 3.05) is 12.0 Å². The zero-order valence-electron chi connectivity index (χ0n) is 10.8. The minimum absolute atomic E-state index is 0.0737. The fourth-order valence-electron chi connectivity index (χ4n) is 2.16. The fraction of sp³-hybridized carbons (Fsp3) is 0.0667. The van der Waals surface area contributed by atoms with Gasteiger partial charge in [0.2, 0.25) is 0 Å². The maximum atomic E-state index is 12.2. The number of nitrogens with one attached hydrogen (secondary N) is 1. The fourth-order valence-corrected chi connectivity index (χ4v) is 2.46. The van der Waals surface area contributed by atoms with Gasteiger partial charge < -0.3 is 5.32 Å². The number of hydrogen-bond donors (Lipinski definition) is 1. The number of fused-ring (bicyclic) bond motifs is 1. The molecular weight excluding hydrogens is 311 g/mol. The first-order chi connectivity index (χ1) is 10.1. The number of carbonyl (C=O) groups is 2. The van der Waals surface area contributed by atoms with Crippen LogP contribution in [-0.4, -0.2) is 23.4 Å². The normalized spacial score (nSPS) is 13.5. The zero-order chi connectivity index (χ0) is 15.0. The first-order valence-electron chi connectivity index (χ1n) is 6.22. The van der Waals surface area contributed by atoms with E-state index in [1.807, 2.05) is 0 Å². The molecule has 2 aromatic rings. The van der Waals surface area contributed by atoms with E-state index < -0.39 is 0 Å². The second kappa shape index (κ2) is 5.39. The number of rotatable bonds is 3. The predicted octanol–water partition coefficient (Wildman–Crippen LogP) is 3.66. The van der Waals surface area contributed by atoms with Gasteiger partial charge in [0, 0.05) is 5.69 Å². The highest BCUT2D eigenvalue weighted by atomic mass is 35.5. The Morgan fingerprint density at radius 1 is 0.905 bits per heavy atom. The molecule has 0 radical (unpaired) electrons. The molecule has 1 N–H and O–H groups in total. The van der Waals surface area contributed by atoms with E-state index in [0.29, 0.717) is 26.9 Å². The molecule has 6 heteroatoms. The lowest BCUT2D eigenvalue weighted by atomic mass is 10.1. The molecule has 0 spiro atoms. The number of amides is 2. The summed E-state index contributed by atoms with van der Waals surface area (Å²) in [7, 11) is 0. The summed E-state index contributed by atoms with van der Waals surface area (Å²) < 4.78 is 0. The maximum absolute atomic E-state index is 12.2. The zero-order valence-corrected chi connectivity index (χ0v) is 12.3. The minimum atomic E-state index is -0.303. The Bertz CT molecular complexity index is 711. The van der Waals surface area contributed by atoms with Crippen LogP contribution in [0.5, 0.6) is 0 Å². The summed E-state index contributed by atoms with van der Waals surface area (Å²) in [5.74, 6) is -0.605. The van der Waals surface area contributed by atoms with E-state index in [9.17, 15) is 9.59 Å². The van der Waals surface area contributed by atoms with Crippen molar-refractivity contribution in [1.82, 2.24) is 4.90 Å². The second-order valence-corrected chi connectivity index (χ2v) is 5.36. The van der Waals surface area contributed by atoms with Crippen LogP contribution >= 0.6 is 23.2 Å². The van der Waals surface area contributed by atoms with Crippen molar-refractivity contribution < 1.29 is 9.59 Å². The molecule has 2 aromatic carbocycles. The van der Waals surface area contributed by atoms with Crippen molar-refractivity contribution in [3.63, 3.8) is 0 Å². The third-order valence-electron chi connectivity index (χ3n) is 3.24. The van der Waals surface area contributed by atoms with Gasteiger partial charge in [-0.1, -0.05) is 35.3 Å². The van der Waals surface area contributed by atoms with Crippen molar-refractivity contribution in [3.05, 3.63) is 63.6 Å². The average molecular weight is 321 g/mol. The molecule has 4 nitrogen and oxygen atoms in total. The minimum Gasteiger partial charge on any atom is -0.367 e. The molecule has 0 atom stereocenters. The summed E-state index contributed by atoms with van der Waals surface area (Å²) in [5, 5.41) is 3.85. The summed E-state index contributed by atoms with van der Waals surface area (Å²) in [4.78, 5) is 25.5. The van der Waals surface area contributed by atoms with Gasteiger partial charge in [-0.2, -0.15) is 0 Å². The Morgan fingerprint density at radius 2 is 1.52 bits per heavy atom. The first kappa shape index (κ1) is 13.9. The van der Waals surface area contributed by atoms with Gasteiger partial charge in [-0.15, -0.1) is 0 Å². The van der Waals surface area contributed by atoms with Crippen LogP contribution in [0.4, 0.5) is 5.69 Å². The molecule has 1 aliphatic heterocycles. The summed E-state index contributed by atoms with van der Waals surface area (Å²) in [6.45, 7) is 0.0737. The third kappa shape index (κ3) is 2.48. The van der Waals surface area contributed by atoms with Crippen LogP contribution in [-0.2, 0) is 0 Å². The lowest BCUT2D eigenvalue weighted by Gasteiger charge is -2.15. The number of halogens is 2. The van der Waals surface area contributed by atoms with Gasteiger partial charge in [0.25, 0.3) is 11.8 Å². The number of anilines is 1. The highest BCUT2D eigenvalue weighted by Gasteiger charge is 2.34. The predicted molar refractivity (Wildman–Crippen MR) is 81.9 cm³/mol. The lowest BCUT2D eigenvalue weighted by molar-refractivity contribution is 0.0666. The lowest BCUT2D eigenvalue weighted by Crippen LogP contribution is -2.34. The molecule has 0 saturated heterocycles. The Labute approximate surface area is 131 Å². The summed E-state index contributed by atoms with van der Waals surface area (Å²) >= 11 is 11.8. The molecule has 1 heterocycles. The number of hydrogen-bond acceptors (Lipinski definition) is 3. The van der Waals surface area contributed by atoms with Crippen LogP contribution in [0.3, 0.4) is 0 Å². The molecular formula is C15H10Cl2N2O2. The first-order valence-corrected chi connectivity index (χ1v) is 6.97. The van der Waals surface area contributed by atoms with Crippen molar-refractivity contribution >= 4 is 40.7 Å². The van der Waals surface area contributed by atoms with Gasteiger partial charge in [0.05, 0.1) is 27.8 Å². The molecule has 0 aliphatic carbocycles. The van der Waals surface area contributed by atoms with Crippen molar-refractivity contribution in [3.8, 4) is 0 Å². The van der Waals surface area contributed by atoms with E-state index in [0.717, 1.165) is 4.90 Å². The van der Waals surface area contributed by atoms with Gasteiger partial charge >= 0.3 is 0 Å². The van der Waals surface area contributed by atoms with Gasteiger partial charge in [0.1, 0.15) is 0 Å². The number of carbonyl (C=O) groups excluding carboxylic acids is 2. The Hall–Kier alpha value is -2.04. The van der Waals surface area contributed by atoms with Crippen molar-refractivity contribution in [1.29, 1.82) is 0 Å². The number of benzene rings is 2.